The summed E-state index contributed by atoms with van der Waals surface area (Å²) >= 11 is 4.62. The minimum Gasteiger partial charge on any atom is -0.441 e. The van der Waals surface area contributed by atoms with Crippen LogP contribution in [0, 0.1) is 5.82 Å². The monoisotopic (exact) mass is 446 g/mol. The number of amides is 1. The van der Waals surface area contributed by atoms with Crippen LogP contribution in [0.4, 0.5) is 9.52 Å². The van der Waals surface area contributed by atoms with Gasteiger partial charge in [-0.2, -0.15) is 0 Å². The van der Waals surface area contributed by atoms with Gasteiger partial charge in [-0.1, -0.05) is 41.3 Å². The number of nitrogens with one attached hydrogen (secondary N) is 1. The van der Waals surface area contributed by atoms with E-state index in [0.717, 1.165) is 10.1 Å². The summed E-state index contributed by atoms with van der Waals surface area (Å²) in [7, 11) is 0. The quantitative estimate of drug-likeness (QED) is 0.294. The Bertz CT molecular complexity index is 1090. The van der Waals surface area contributed by atoms with E-state index in [1.165, 1.54) is 28.5 Å². The molecule has 3 heterocycles. The first kappa shape index (κ1) is 19.7. The molecule has 0 fully saturated rings. The van der Waals surface area contributed by atoms with Crippen LogP contribution in [0.5, 0.6) is 0 Å². The van der Waals surface area contributed by atoms with Gasteiger partial charge in [-0.3, -0.25) is 4.79 Å². The van der Waals surface area contributed by atoms with E-state index in [0.29, 0.717) is 28.8 Å². The highest BCUT2D eigenvalue weighted by Crippen LogP contribution is 2.29. The number of thioether (sulfide) groups is 1. The minimum atomic E-state index is -0.378. The number of aryl methyl sites for hydroxylation is 1. The molecule has 0 unspecified atom stereocenters. The van der Waals surface area contributed by atoms with Gasteiger partial charge >= 0.3 is 0 Å². The number of anilines is 1. The Kier molecular flexibility index (Phi) is 6.33. The van der Waals surface area contributed by atoms with Gasteiger partial charge in [0.2, 0.25) is 11.0 Å². The zero-order valence-corrected chi connectivity index (χ0v) is 17.5. The van der Waals surface area contributed by atoms with Gasteiger partial charge in [0, 0.05) is 23.5 Å². The van der Waals surface area contributed by atoms with Crippen LogP contribution in [0.15, 0.2) is 56.7 Å². The molecule has 0 saturated carbocycles. The molecule has 3 aromatic heterocycles. The topological polar surface area (TPSA) is 80.9 Å². The first-order valence-electron chi connectivity index (χ1n) is 8.65. The van der Waals surface area contributed by atoms with E-state index < -0.39 is 0 Å². The molecular weight excluding hydrogens is 431 g/mol. The summed E-state index contributed by atoms with van der Waals surface area (Å²) in [6, 6.07) is 10.4. The van der Waals surface area contributed by atoms with E-state index in [2.05, 4.69) is 26.6 Å². The zero-order valence-electron chi connectivity index (χ0n) is 15.0. The lowest BCUT2D eigenvalue weighted by Crippen LogP contribution is -2.12. The molecule has 0 aliphatic heterocycles. The predicted octanol–water partition coefficient (Wildman–Crippen LogP) is 5.26. The first-order chi connectivity index (χ1) is 14.2. The second-order valence-electron chi connectivity index (χ2n) is 5.89. The van der Waals surface area contributed by atoms with Gasteiger partial charge in [-0.05, 0) is 23.6 Å². The summed E-state index contributed by atoms with van der Waals surface area (Å²) in [5.41, 5.74) is 0.345. The Morgan fingerprint density at radius 2 is 2.10 bits per heavy atom. The summed E-state index contributed by atoms with van der Waals surface area (Å²) in [6.07, 6.45) is 1.95. The highest BCUT2D eigenvalue weighted by atomic mass is 32.2. The summed E-state index contributed by atoms with van der Waals surface area (Å²) in [5, 5.41) is 13.3. The minimum absolute atomic E-state index is 0.175. The van der Waals surface area contributed by atoms with Crippen molar-refractivity contribution in [2.24, 2.45) is 0 Å². The number of aromatic nitrogens is 3. The number of thiophene rings is 1. The van der Waals surface area contributed by atoms with Crippen molar-refractivity contribution in [3.8, 4) is 11.3 Å². The van der Waals surface area contributed by atoms with E-state index in [1.807, 2.05) is 11.4 Å². The summed E-state index contributed by atoms with van der Waals surface area (Å²) < 4.78 is 20.2. The first-order valence-corrected chi connectivity index (χ1v) is 11.3. The number of halogens is 1. The zero-order chi connectivity index (χ0) is 20.1. The van der Waals surface area contributed by atoms with Gasteiger partial charge in [-0.25, -0.2) is 9.37 Å². The molecule has 29 heavy (non-hydrogen) atoms. The number of benzene rings is 1. The third-order valence-electron chi connectivity index (χ3n) is 3.83. The number of rotatable bonds is 8. The maximum absolute atomic E-state index is 13.8. The molecule has 10 heteroatoms. The summed E-state index contributed by atoms with van der Waals surface area (Å²) in [5.74, 6) is 0.964. The number of carbonyl (C=O) groups excluding carboxylic acids is 1. The van der Waals surface area contributed by atoms with Gasteiger partial charge in [0.15, 0.2) is 16.0 Å². The van der Waals surface area contributed by atoms with Crippen molar-refractivity contribution in [1.29, 1.82) is 0 Å². The van der Waals surface area contributed by atoms with Crippen LogP contribution in [0.1, 0.15) is 17.2 Å². The van der Waals surface area contributed by atoms with Gasteiger partial charge in [-0.15, -0.1) is 21.5 Å². The summed E-state index contributed by atoms with van der Waals surface area (Å²) in [4.78, 5) is 17.5. The molecule has 0 atom stereocenters. The Labute approximate surface area is 178 Å². The Morgan fingerprint density at radius 1 is 1.21 bits per heavy atom. The molecule has 0 spiro atoms. The number of hydrogen-bond acceptors (Lipinski definition) is 8. The van der Waals surface area contributed by atoms with Crippen LogP contribution in [0.25, 0.3) is 11.3 Å². The van der Waals surface area contributed by atoms with Crippen LogP contribution >= 0.6 is 34.4 Å². The smallest absolute Gasteiger partial charge is 0.226 e. The molecule has 4 aromatic rings. The largest absolute Gasteiger partial charge is 0.441 e. The van der Waals surface area contributed by atoms with Crippen molar-refractivity contribution in [3.63, 3.8) is 0 Å². The standard InChI is InChI=1S/C19H15FN4O2S3/c20-14-6-2-1-5-13(14)15-10-21-17(26-15)8-7-16(25)22-18-23-24-19(29-18)28-11-12-4-3-9-27-12/h1-6,9-10H,7-8,11H2,(H,22,23,25). The molecule has 0 saturated heterocycles. The van der Waals surface area contributed by atoms with E-state index in [4.69, 9.17) is 4.42 Å². The maximum Gasteiger partial charge on any atom is 0.226 e. The average molecular weight is 447 g/mol. The van der Waals surface area contributed by atoms with Crippen molar-refractivity contribution in [2.45, 2.75) is 22.9 Å². The van der Waals surface area contributed by atoms with E-state index in [1.54, 1.807) is 41.3 Å². The van der Waals surface area contributed by atoms with Gasteiger partial charge in [0.1, 0.15) is 5.82 Å². The summed E-state index contributed by atoms with van der Waals surface area (Å²) in [6.45, 7) is 0. The average Bonchev–Trinajstić information content (AvgIpc) is 3.47. The number of carbonyl (C=O) groups is 1. The second kappa shape index (κ2) is 9.29. The lowest BCUT2D eigenvalue weighted by Gasteiger charge is -1.99. The van der Waals surface area contributed by atoms with Crippen LogP contribution in [-0.4, -0.2) is 21.1 Å². The molecule has 1 amide bonds. The Hall–Kier alpha value is -2.56. The SMILES string of the molecule is O=C(CCc1ncc(-c2ccccc2F)o1)Nc1nnc(SCc2cccs2)s1. The third-order valence-corrected chi connectivity index (χ3v) is 6.91. The maximum atomic E-state index is 13.8. The van der Waals surface area contributed by atoms with Crippen molar-refractivity contribution in [3.05, 3.63) is 64.6 Å². The molecule has 0 radical (unpaired) electrons. The Balaban J connectivity index is 1.27. The van der Waals surface area contributed by atoms with Crippen LogP contribution in [0.2, 0.25) is 0 Å². The molecule has 1 N–H and O–H groups in total. The molecule has 1 aromatic carbocycles. The normalized spacial score (nSPS) is 10.9. The fraction of sp³-hybridized carbons (Fsp3) is 0.158. The molecule has 0 aliphatic carbocycles. The molecular formula is C19H15FN4O2S3. The number of oxazole rings is 1. The van der Waals surface area contributed by atoms with Crippen molar-refractivity contribution < 1.29 is 13.6 Å². The Morgan fingerprint density at radius 3 is 2.93 bits per heavy atom. The lowest BCUT2D eigenvalue weighted by atomic mass is 10.2. The van der Waals surface area contributed by atoms with Gasteiger partial charge < -0.3 is 9.73 Å². The molecule has 0 bridgehead atoms. The van der Waals surface area contributed by atoms with Crippen LogP contribution in [-0.2, 0) is 17.0 Å². The highest BCUT2D eigenvalue weighted by molar-refractivity contribution is 8.00. The van der Waals surface area contributed by atoms with Crippen LogP contribution < -0.4 is 5.32 Å². The predicted molar refractivity (Wildman–Crippen MR) is 113 cm³/mol. The lowest BCUT2D eigenvalue weighted by molar-refractivity contribution is -0.116. The van der Waals surface area contributed by atoms with Crippen molar-refractivity contribution in [2.75, 3.05) is 5.32 Å². The van der Waals surface area contributed by atoms with Crippen LogP contribution in [0.3, 0.4) is 0 Å². The molecule has 148 valence electrons. The fourth-order valence-corrected chi connectivity index (χ4v) is 5.00. The third kappa shape index (κ3) is 5.28. The molecule has 0 aliphatic rings. The second-order valence-corrected chi connectivity index (χ2v) is 9.12. The number of hydrogen-bond donors (Lipinski definition) is 1. The van der Waals surface area contributed by atoms with Crippen molar-refractivity contribution in [1.82, 2.24) is 15.2 Å². The van der Waals surface area contributed by atoms with E-state index in [-0.39, 0.29) is 18.1 Å². The van der Waals surface area contributed by atoms with Crippen molar-refractivity contribution >= 4 is 45.5 Å². The van der Waals surface area contributed by atoms with Gasteiger partial charge in [0.25, 0.3) is 0 Å². The van der Waals surface area contributed by atoms with E-state index >= 15 is 0 Å². The highest BCUT2D eigenvalue weighted by Gasteiger charge is 2.13. The number of nitrogens with zero attached hydrogens (tertiary/aromatic N) is 3. The fourth-order valence-electron chi connectivity index (χ4n) is 2.46. The van der Waals surface area contributed by atoms with E-state index in [9.17, 15) is 9.18 Å². The molecule has 4 rings (SSSR count). The van der Waals surface area contributed by atoms with Gasteiger partial charge in [0.05, 0.1) is 11.8 Å². The molecule has 6 nitrogen and oxygen atoms in total.